The van der Waals surface area contributed by atoms with Crippen LogP contribution in [0.3, 0.4) is 0 Å². The molecule has 0 radical (unpaired) electrons. The van der Waals surface area contributed by atoms with Crippen molar-refractivity contribution in [2.24, 2.45) is 10.7 Å². The Balaban J connectivity index is 2.46. The van der Waals surface area contributed by atoms with Crippen molar-refractivity contribution in [1.82, 2.24) is 4.98 Å². The fraction of sp³-hybridized carbons (Fsp3) is 0.200. The molecule has 1 heterocycles. The van der Waals surface area contributed by atoms with Gasteiger partial charge in [-0.1, -0.05) is 41.7 Å². The quantitative estimate of drug-likeness (QED) is 0.248. The van der Waals surface area contributed by atoms with Crippen LogP contribution in [0.5, 0.6) is 0 Å². The number of hydrogen-bond acceptors (Lipinski definition) is 8. The summed E-state index contributed by atoms with van der Waals surface area (Å²) in [5, 5.41) is 0.230. The van der Waals surface area contributed by atoms with Crippen molar-refractivity contribution in [2.45, 2.75) is 26.5 Å². The van der Waals surface area contributed by atoms with Gasteiger partial charge in [-0.3, -0.25) is 9.59 Å². The highest BCUT2D eigenvalue weighted by atomic mass is 32.1. The van der Waals surface area contributed by atoms with Gasteiger partial charge in [0, 0.05) is 17.3 Å². The maximum Gasteiger partial charge on any atom is 0.388 e. The van der Waals surface area contributed by atoms with E-state index in [2.05, 4.69) is 21.4 Å². The molecule has 2 rings (SSSR count). The number of carbonyl (C=O) groups is 2. The molecule has 0 spiro atoms. The highest BCUT2D eigenvalue weighted by Crippen LogP contribution is 2.33. The number of ketones is 1. The van der Waals surface area contributed by atoms with E-state index in [0.717, 1.165) is 17.4 Å². The molecule has 164 valence electrons. The van der Waals surface area contributed by atoms with Gasteiger partial charge in [0.1, 0.15) is 16.7 Å². The Bertz CT molecular complexity index is 1020. The number of ether oxygens (including phenoxy) is 1. The van der Waals surface area contributed by atoms with Gasteiger partial charge in [-0.25, -0.2) is 9.98 Å². The number of allylic oxidation sites excluding steroid dienone is 3. The summed E-state index contributed by atoms with van der Waals surface area (Å²) in [7, 11) is 0. The van der Waals surface area contributed by atoms with Gasteiger partial charge in [0.2, 0.25) is 17.6 Å². The van der Waals surface area contributed by atoms with Crippen molar-refractivity contribution < 1.29 is 23.1 Å². The van der Waals surface area contributed by atoms with Crippen LogP contribution in [0.4, 0.5) is 19.7 Å². The second-order valence-electron chi connectivity index (χ2n) is 6.20. The predicted molar refractivity (Wildman–Crippen MR) is 116 cm³/mol. The summed E-state index contributed by atoms with van der Waals surface area (Å²) >= 11 is 0.979. The summed E-state index contributed by atoms with van der Waals surface area (Å²) in [6.45, 7) is 3.21. The molecule has 31 heavy (non-hydrogen) atoms. The Kier molecular flexibility index (Phi) is 7.97. The lowest BCUT2D eigenvalue weighted by Gasteiger charge is -2.27. The molecule has 0 bridgehead atoms. The Morgan fingerprint density at radius 1 is 1.29 bits per heavy atom. The zero-order chi connectivity index (χ0) is 23.1. The first-order valence-electron chi connectivity index (χ1n) is 8.90. The molecule has 0 saturated carbocycles. The van der Waals surface area contributed by atoms with Crippen molar-refractivity contribution >= 4 is 40.7 Å². The maximum atomic E-state index is 12.8. The monoisotopic (exact) mass is 449 g/mol. The molecule has 8 nitrogen and oxygen atoms in total. The van der Waals surface area contributed by atoms with Crippen molar-refractivity contribution in [3.8, 4) is 0 Å². The third-order valence-corrected chi connectivity index (χ3v) is 5.17. The first-order valence-corrected chi connectivity index (χ1v) is 9.72. The number of nitrogen functional groups attached to an aromatic ring is 1. The van der Waals surface area contributed by atoms with Gasteiger partial charge in [0.25, 0.3) is 0 Å². The molecule has 0 fully saturated rings. The number of anilines is 2. The van der Waals surface area contributed by atoms with E-state index in [1.54, 1.807) is 37.3 Å². The van der Waals surface area contributed by atoms with Crippen LogP contribution < -0.4 is 16.4 Å². The fourth-order valence-corrected chi connectivity index (χ4v) is 3.64. The topological polar surface area (TPSA) is 124 Å². The lowest BCUT2D eigenvalue weighted by Crippen LogP contribution is -2.41. The van der Waals surface area contributed by atoms with Crippen LogP contribution >= 0.6 is 11.3 Å². The van der Waals surface area contributed by atoms with E-state index < -0.39 is 24.4 Å². The van der Waals surface area contributed by atoms with E-state index in [4.69, 9.17) is 11.5 Å². The molecule has 0 aliphatic carbocycles. The molecule has 1 unspecified atom stereocenters. The maximum absolute atomic E-state index is 12.8. The molecule has 0 saturated heterocycles. The summed E-state index contributed by atoms with van der Waals surface area (Å²) < 4.78 is 29.1. The third kappa shape index (κ3) is 5.95. The summed E-state index contributed by atoms with van der Waals surface area (Å²) in [5.74, 6) is -1.42. The summed E-state index contributed by atoms with van der Waals surface area (Å²) in [6, 6.07) is 7.63. The number of benzene rings is 1. The summed E-state index contributed by atoms with van der Waals surface area (Å²) in [6.07, 6.45) is 2.53. The molecule has 0 aliphatic heterocycles. The summed E-state index contributed by atoms with van der Waals surface area (Å²) in [4.78, 5) is 33.9. The average Bonchev–Trinajstić information content (AvgIpc) is 3.11. The zero-order valence-electron chi connectivity index (χ0n) is 16.8. The SMILES string of the molecule is C=N/C(=C\C=C(/C)N(c1nc(N)c(C(=O)c2ccccc2)s1)C(C)C(N)=O)OC(F)F. The zero-order valence-corrected chi connectivity index (χ0v) is 17.6. The van der Waals surface area contributed by atoms with Crippen molar-refractivity contribution in [3.63, 3.8) is 0 Å². The van der Waals surface area contributed by atoms with Crippen LogP contribution in [0.15, 0.2) is 59.1 Å². The van der Waals surface area contributed by atoms with Crippen LogP contribution in [0.2, 0.25) is 0 Å². The molecule has 1 amide bonds. The van der Waals surface area contributed by atoms with Gasteiger partial charge in [-0.15, -0.1) is 0 Å². The number of thiazole rings is 1. The molecule has 1 atom stereocenters. The normalized spacial score (nSPS) is 13.1. The van der Waals surface area contributed by atoms with E-state index in [-0.39, 0.29) is 21.6 Å². The largest absolute Gasteiger partial charge is 0.417 e. The van der Waals surface area contributed by atoms with E-state index in [9.17, 15) is 18.4 Å². The third-order valence-electron chi connectivity index (χ3n) is 4.10. The number of halogens is 2. The standard InChI is InChI=1S/C20H21F2N5O3S/c1-11(9-10-14(25-3)30-19(21)22)27(12(2)18(24)29)20-26-17(23)16(31-20)15(28)13-7-5-4-6-8-13/h4-10,12,19H,3,23H2,1-2H3,(H2,24,29)/b11-9+,14-10+. The molecule has 0 aliphatic rings. The first-order chi connectivity index (χ1) is 14.6. The minimum atomic E-state index is -3.07. The Morgan fingerprint density at radius 2 is 1.94 bits per heavy atom. The van der Waals surface area contributed by atoms with Gasteiger partial charge in [0.15, 0.2) is 5.13 Å². The molecule has 4 N–H and O–H groups in total. The van der Waals surface area contributed by atoms with Crippen molar-refractivity contribution in [2.75, 3.05) is 10.6 Å². The lowest BCUT2D eigenvalue weighted by atomic mass is 10.1. The van der Waals surface area contributed by atoms with Gasteiger partial charge < -0.3 is 21.1 Å². The number of carbonyl (C=O) groups excluding carboxylic acids is 2. The summed E-state index contributed by atoms with van der Waals surface area (Å²) in [5.41, 5.74) is 12.2. The molecule has 1 aromatic heterocycles. The number of rotatable bonds is 10. The second-order valence-corrected chi connectivity index (χ2v) is 7.18. The number of nitrogens with two attached hydrogens (primary N) is 2. The Hall–Kier alpha value is -3.60. The second kappa shape index (κ2) is 10.4. The Labute approximate surface area is 181 Å². The smallest absolute Gasteiger partial charge is 0.388 e. The number of primary amides is 1. The minimum Gasteiger partial charge on any atom is -0.417 e. The van der Waals surface area contributed by atoms with Crippen LogP contribution in [-0.4, -0.2) is 36.0 Å². The Morgan fingerprint density at radius 3 is 2.48 bits per heavy atom. The van der Waals surface area contributed by atoms with Crippen LogP contribution in [-0.2, 0) is 9.53 Å². The van der Waals surface area contributed by atoms with E-state index in [1.165, 1.54) is 17.9 Å². The lowest BCUT2D eigenvalue weighted by molar-refractivity contribution is -0.118. The number of nitrogens with zero attached hydrogens (tertiary/aromatic N) is 3. The molecule has 1 aromatic carbocycles. The number of aliphatic imine (C=N–C) groups is 1. The number of alkyl halides is 2. The van der Waals surface area contributed by atoms with Gasteiger partial charge >= 0.3 is 6.61 Å². The van der Waals surface area contributed by atoms with Gasteiger partial charge in [-0.05, 0) is 26.6 Å². The highest BCUT2D eigenvalue weighted by molar-refractivity contribution is 7.18. The number of aromatic nitrogens is 1. The van der Waals surface area contributed by atoms with Gasteiger partial charge in [0.05, 0.1) is 0 Å². The average molecular weight is 449 g/mol. The number of hydrogen-bond donors (Lipinski definition) is 2. The van der Waals surface area contributed by atoms with Crippen molar-refractivity contribution in [1.29, 1.82) is 0 Å². The minimum absolute atomic E-state index is 0.00616. The van der Waals surface area contributed by atoms with Crippen LogP contribution in [0, 0.1) is 0 Å². The molecular formula is C20H21F2N5O3S. The van der Waals surface area contributed by atoms with Gasteiger partial charge in [-0.2, -0.15) is 8.78 Å². The van der Waals surface area contributed by atoms with Crippen LogP contribution in [0.1, 0.15) is 29.1 Å². The molecule has 11 heteroatoms. The number of amides is 1. The first kappa shape index (κ1) is 23.7. The van der Waals surface area contributed by atoms with Crippen molar-refractivity contribution in [3.05, 3.63) is 64.5 Å². The highest BCUT2D eigenvalue weighted by Gasteiger charge is 2.27. The predicted octanol–water partition coefficient (Wildman–Crippen LogP) is 3.32. The van der Waals surface area contributed by atoms with E-state index in [1.807, 2.05) is 0 Å². The molecular weight excluding hydrogens is 428 g/mol. The fourth-order valence-electron chi connectivity index (χ4n) is 2.55. The molecule has 2 aromatic rings. The van der Waals surface area contributed by atoms with E-state index in [0.29, 0.717) is 11.3 Å². The van der Waals surface area contributed by atoms with Crippen LogP contribution in [0.25, 0.3) is 0 Å². The van der Waals surface area contributed by atoms with E-state index >= 15 is 0 Å².